The van der Waals surface area contributed by atoms with Crippen LogP contribution in [0.4, 0.5) is 0 Å². The van der Waals surface area contributed by atoms with Crippen LogP contribution in [0.2, 0.25) is 0 Å². The van der Waals surface area contributed by atoms with Crippen molar-refractivity contribution in [3.8, 4) is 0 Å². The zero-order valence-corrected chi connectivity index (χ0v) is 15.7. The molecule has 2 aromatic rings. The first-order valence-corrected chi connectivity index (χ1v) is 9.86. The van der Waals surface area contributed by atoms with Crippen LogP contribution in [-0.4, -0.2) is 23.3 Å². The molecular weight excluding hydrogens is 364 g/mol. The Labute approximate surface area is 143 Å². The summed E-state index contributed by atoms with van der Waals surface area (Å²) in [5.74, 6) is 1.07. The molecule has 0 aliphatic carbocycles. The highest BCUT2D eigenvalue weighted by Crippen LogP contribution is 2.22. The molecule has 1 atom stereocenters. The second-order valence-electron chi connectivity index (χ2n) is 4.98. The summed E-state index contributed by atoms with van der Waals surface area (Å²) in [4.78, 5) is 5.90. The van der Waals surface area contributed by atoms with E-state index in [2.05, 4.69) is 69.7 Å². The zero-order valence-electron chi connectivity index (χ0n) is 12.4. The van der Waals surface area contributed by atoms with Crippen LogP contribution in [0.25, 0.3) is 0 Å². The lowest BCUT2D eigenvalue weighted by Gasteiger charge is -2.17. The number of thioether (sulfide) groups is 1. The van der Waals surface area contributed by atoms with Crippen LogP contribution in [0.1, 0.15) is 24.0 Å². The standard InChI is InChI=1S/C16H21BrN2S2/c1-3-8-18-14(9-15-11-20-12(2)19-15)10-21-16-6-4-13(17)5-7-16/h4-7,11,14,18H,3,8-10H2,1-2H3. The number of nitrogens with one attached hydrogen (secondary N) is 1. The maximum atomic E-state index is 4.59. The normalized spacial score (nSPS) is 12.5. The summed E-state index contributed by atoms with van der Waals surface area (Å²) >= 11 is 7.12. The molecule has 1 heterocycles. The van der Waals surface area contributed by atoms with Gasteiger partial charge in [-0.2, -0.15) is 0 Å². The Morgan fingerprint density at radius 2 is 2.10 bits per heavy atom. The third kappa shape index (κ3) is 6.10. The van der Waals surface area contributed by atoms with Gasteiger partial charge < -0.3 is 5.32 Å². The molecule has 21 heavy (non-hydrogen) atoms. The van der Waals surface area contributed by atoms with Crippen molar-refractivity contribution in [2.45, 2.75) is 37.6 Å². The minimum Gasteiger partial charge on any atom is -0.313 e. The molecule has 0 amide bonds. The van der Waals surface area contributed by atoms with Gasteiger partial charge in [0.05, 0.1) is 10.7 Å². The van der Waals surface area contributed by atoms with Gasteiger partial charge in [-0.25, -0.2) is 4.98 Å². The SMILES string of the molecule is CCCNC(CSc1ccc(Br)cc1)Cc1csc(C)n1. The van der Waals surface area contributed by atoms with Gasteiger partial charge in [0.1, 0.15) is 0 Å². The molecule has 2 nitrogen and oxygen atoms in total. The van der Waals surface area contributed by atoms with E-state index in [-0.39, 0.29) is 0 Å². The molecule has 0 saturated heterocycles. The minimum absolute atomic E-state index is 0.472. The Morgan fingerprint density at radius 1 is 1.33 bits per heavy atom. The van der Waals surface area contributed by atoms with Crippen LogP contribution >= 0.6 is 39.0 Å². The number of benzene rings is 1. The van der Waals surface area contributed by atoms with Gasteiger partial charge >= 0.3 is 0 Å². The number of hydrogen-bond acceptors (Lipinski definition) is 4. The predicted octanol–water partition coefficient (Wildman–Crippen LogP) is 4.92. The molecule has 0 aliphatic heterocycles. The number of aromatic nitrogens is 1. The van der Waals surface area contributed by atoms with Crippen molar-refractivity contribution < 1.29 is 0 Å². The first kappa shape index (κ1) is 17.0. The van der Waals surface area contributed by atoms with Crippen LogP contribution in [-0.2, 0) is 6.42 Å². The highest BCUT2D eigenvalue weighted by molar-refractivity contribution is 9.10. The lowest BCUT2D eigenvalue weighted by atomic mass is 10.2. The van der Waals surface area contributed by atoms with Gasteiger partial charge in [0.25, 0.3) is 0 Å². The average molecular weight is 385 g/mol. The average Bonchev–Trinajstić information content (AvgIpc) is 2.89. The molecule has 114 valence electrons. The topological polar surface area (TPSA) is 24.9 Å². The number of halogens is 1. The molecule has 0 aliphatic rings. The van der Waals surface area contributed by atoms with Crippen molar-refractivity contribution in [3.63, 3.8) is 0 Å². The van der Waals surface area contributed by atoms with Crippen molar-refractivity contribution in [2.75, 3.05) is 12.3 Å². The van der Waals surface area contributed by atoms with Gasteiger partial charge in [-0.05, 0) is 44.2 Å². The van der Waals surface area contributed by atoms with Gasteiger partial charge in [0.2, 0.25) is 0 Å². The Hall–Kier alpha value is -0.360. The molecule has 1 N–H and O–H groups in total. The molecule has 1 aromatic carbocycles. The summed E-state index contributed by atoms with van der Waals surface area (Å²) in [6.07, 6.45) is 2.17. The van der Waals surface area contributed by atoms with Gasteiger partial charge in [0, 0.05) is 33.0 Å². The fraction of sp³-hybridized carbons (Fsp3) is 0.438. The molecule has 0 fully saturated rings. The fourth-order valence-electron chi connectivity index (χ4n) is 2.02. The van der Waals surface area contributed by atoms with Crippen molar-refractivity contribution >= 4 is 39.0 Å². The van der Waals surface area contributed by atoms with E-state index in [0.717, 1.165) is 34.6 Å². The van der Waals surface area contributed by atoms with Crippen molar-refractivity contribution in [1.82, 2.24) is 10.3 Å². The number of hydrogen-bond donors (Lipinski definition) is 1. The second kappa shape index (κ2) is 8.93. The largest absolute Gasteiger partial charge is 0.313 e. The minimum atomic E-state index is 0.472. The van der Waals surface area contributed by atoms with Crippen LogP contribution in [0.15, 0.2) is 39.0 Å². The van der Waals surface area contributed by atoms with Crippen LogP contribution < -0.4 is 5.32 Å². The van der Waals surface area contributed by atoms with E-state index in [9.17, 15) is 0 Å². The summed E-state index contributed by atoms with van der Waals surface area (Å²) in [6.45, 7) is 5.34. The van der Waals surface area contributed by atoms with E-state index in [1.165, 1.54) is 10.6 Å². The zero-order chi connectivity index (χ0) is 15.1. The number of thiazole rings is 1. The molecule has 2 rings (SSSR count). The van der Waals surface area contributed by atoms with E-state index in [4.69, 9.17) is 0 Å². The smallest absolute Gasteiger partial charge is 0.0897 e. The quantitative estimate of drug-likeness (QED) is 0.653. The third-order valence-electron chi connectivity index (χ3n) is 3.07. The van der Waals surface area contributed by atoms with Crippen LogP contribution in [0.5, 0.6) is 0 Å². The van der Waals surface area contributed by atoms with Crippen LogP contribution in [0.3, 0.4) is 0 Å². The Kier molecular flexibility index (Phi) is 7.23. The highest BCUT2D eigenvalue weighted by atomic mass is 79.9. The molecule has 0 saturated carbocycles. The molecule has 0 spiro atoms. The van der Waals surface area contributed by atoms with E-state index < -0.39 is 0 Å². The molecule has 1 aromatic heterocycles. The first-order chi connectivity index (χ1) is 10.2. The van der Waals surface area contributed by atoms with Gasteiger partial charge in [-0.15, -0.1) is 23.1 Å². The highest BCUT2D eigenvalue weighted by Gasteiger charge is 2.11. The van der Waals surface area contributed by atoms with Crippen LogP contribution in [0, 0.1) is 6.92 Å². The van der Waals surface area contributed by atoms with E-state index in [1.807, 2.05) is 11.8 Å². The van der Waals surface area contributed by atoms with Gasteiger partial charge in [-0.1, -0.05) is 22.9 Å². The van der Waals surface area contributed by atoms with E-state index in [0.29, 0.717) is 6.04 Å². The van der Waals surface area contributed by atoms with E-state index in [1.54, 1.807) is 11.3 Å². The number of rotatable bonds is 8. The number of aryl methyl sites for hydroxylation is 1. The fourth-order valence-corrected chi connectivity index (χ4v) is 3.87. The Morgan fingerprint density at radius 3 is 2.71 bits per heavy atom. The molecule has 5 heteroatoms. The molecule has 0 bridgehead atoms. The summed E-state index contributed by atoms with van der Waals surface area (Å²) in [5.41, 5.74) is 1.21. The predicted molar refractivity (Wildman–Crippen MR) is 97.5 cm³/mol. The summed E-state index contributed by atoms with van der Waals surface area (Å²) in [5, 5.41) is 6.98. The summed E-state index contributed by atoms with van der Waals surface area (Å²) in [6, 6.07) is 9.00. The van der Waals surface area contributed by atoms with Crippen molar-refractivity contribution in [3.05, 3.63) is 44.8 Å². The molecule has 0 radical (unpaired) electrons. The third-order valence-corrected chi connectivity index (χ3v) is 5.60. The van der Waals surface area contributed by atoms with Crippen molar-refractivity contribution in [2.24, 2.45) is 0 Å². The summed E-state index contributed by atoms with van der Waals surface area (Å²) < 4.78 is 1.13. The lowest BCUT2D eigenvalue weighted by molar-refractivity contribution is 0.546. The lowest BCUT2D eigenvalue weighted by Crippen LogP contribution is -2.34. The summed E-state index contributed by atoms with van der Waals surface area (Å²) in [7, 11) is 0. The first-order valence-electron chi connectivity index (χ1n) is 7.20. The molecule has 1 unspecified atom stereocenters. The Balaban J connectivity index is 1.90. The maximum absolute atomic E-state index is 4.59. The monoisotopic (exact) mass is 384 g/mol. The maximum Gasteiger partial charge on any atom is 0.0897 e. The van der Waals surface area contributed by atoms with Gasteiger partial charge in [-0.3, -0.25) is 0 Å². The van der Waals surface area contributed by atoms with Gasteiger partial charge in [0.15, 0.2) is 0 Å². The molecular formula is C16H21BrN2S2. The van der Waals surface area contributed by atoms with E-state index >= 15 is 0 Å². The number of nitrogens with zero attached hydrogens (tertiary/aromatic N) is 1. The second-order valence-corrected chi connectivity index (χ2v) is 8.05. The van der Waals surface area contributed by atoms with Crippen molar-refractivity contribution in [1.29, 1.82) is 0 Å². The Bertz CT molecular complexity index is 539.